The van der Waals surface area contributed by atoms with Crippen molar-refractivity contribution in [1.29, 1.82) is 0 Å². The molecular weight excluding hydrogens is 246 g/mol. The minimum absolute atomic E-state index is 0.310. The van der Waals surface area contributed by atoms with Gasteiger partial charge < -0.3 is 4.90 Å². The molecule has 1 saturated carbocycles. The molecule has 0 saturated heterocycles. The molecule has 0 aliphatic heterocycles. The van der Waals surface area contributed by atoms with Gasteiger partial charge in [-0.1, -0.05) is 31.9 Å². The predicted octanol–water partition coefficient (Wildman–Crippen LogP) is 3.88. The molecule has 4 heteroatoms. The molecule has 0 amide bonds. The van der Waals surface area contributed by atoms with Crippen LogP contribution >= 0.6 is 11.6 Å². The first-order chi connectivity index (χ1) is 8.60. The monoisotopic (exact) mass is 267 g/mol. The Morgan fingerprint density at radius 2 is 2.11 bits per heavy atom. The normalized spacial score (nSPS) is 15.8. The minimum atomic E-state index is 0.310. The molecule has 100 valence electrons. The summed E-state index contributed by atoms with van der Waals surface area (Å²) in [5.74, 6) is 2.96. The van der Waals surface area contributed by atoms with Crippen LogP contribution in [0.15, 0.2) is 6.07 Å². The van der Waals surface area contributed by atoms with Gasteiger partial charge in [0.1, 0.15) is 16.8 Å². The van der Waals surface area contributed by atoms with Crippen molar-refractivity contribution in [2.24, 2.45) is 5.92 Å². The van der Waals surface area contributed by atoms with Crippen LogP contribution in [-0.2, 0) is 0 Å². The molecule has 3 nitrogen and oxygen atoms in total. The number of hydrogen-bond acceptors (Lipinski definition) is 3. The van der Waals surface area contributed by atoms with Crippen LogP contribution in [-0.4, -0.2) is 23.1 Å². The first-order valence-corrected chi connectivity index (χ1v) is 7.27. The lowest BCUT2D eigenvalue weighted by molar-refractivity contribution is 0.318. The van der Waals surface area contributed by atoms with Crippen molar-refractivity contribution in [2.75, 3.05) is 18.0 Å². The number of nitrogens with zero attached hydrogens (tertiary/aromatic N) is 3. The van der Waals surface area contributed by atoms with Crippen LogP contribution in [0.5, 0.6) is 0 Å². The van der Waals surface area contributed by atoms with Crippen molar-refractivity contribution in [3.63, 3.8) is 0 Å². The van der Waals surface area contributed by atoms with Crippen molar-refractivity contribution >= 4 is 17.4 Å². The molecule has 0 bridgehead atoms. The summed E-state index contributed by atoms with van der Waals surface area (Å²) >= 11 is 6.10. The van der Waals surface area contributed by atoms with Gasteiger partial charge in [0.2, 0.25) is 0 Å². The lowest BCUT2D eigenvalue weighted by atomic mass is 9.85. The Hall–Kier alpha value is -0.830. The Labute approximate surface area is 115 Å². The summed E-state index contributed by atoms with van der Waals surface area (Å²) in [7, 11) is 0. The molecule has 2 rings (SSSR count). The first-order valence-electron chi connectivity index (χ1n) is 6.89. The van der Waals surface area contributed by atoms with E-state index in [1.807, 2.05) is 6.07 Å². The third kappa shape index (κ3) is 3.14. The van der Waals surface area contributed by atoms with Crippen LogP contribution in [0.3, 0.4) is 0 Å². The fourth-order valence-electron chi connectivity index (χ4n) is 2.21. The van der Waals surface area contributed by atoms with Crippen LogP contribution in [0.1, 0.15) is 51.8 Å². The average molecular weight is 268 g/mol. The molecular formula is C14H22ClN3. The third-order valence-electron chi connectivity index (χ3n) is 3.62. The Morgan fingerprint density at radius 3 is 2.61 bits per heavy atom. The second kappa shape index (κ2) is 5.87. The summed E-state index contributed by atoms with van der Waals surface area (Å²) in [6.45, 7) is 8.43. The summed E-state index contributed by atoms with van der Waals surface area (Å²) in [5, 5.41) is 0.552. The highest BCUT2D eigenvalue weighted by atomic mass is 35.5. The molecule has 0 unspecified atom stereocenters. The van der Waals surface area contributed by atoms with E-state index in [-0.39, 0.29) is 0 Å². The molecule has 1 heterocycles. The second-order valence-corrected chi connectivity index (χ2v) is 5.78. The summed E-state index contributed by atoms with van der Waals surface area (Å²) < 4.78 is 0. The number of rotatable bonds is 5. The van der Waals surface area contributed by atoms with E-state index in [0.29, 0.717) is 11.1 Å². The highest BCUT2D eigenvalue weighted by molar-refractivity contribution is 6.29. The Kier molecular flexibility index (Phi) is 4.44. The van der Waals surface area contributed by atoms with Crippen LogP contribution in [0, 0.1) is 5.92 Å². The van der Waals surface area contributed by atoms with Crippen molar-refractivity contribution in [3.8, 4) is 0 Å². The maximum atomic E-state index is 6.10. The van der Waals surface area contributed by atoms with Gasteiger partial charge in [-0.3, -0.25) is 0 Å². The molecule has 0 radical (unpaired) electrons. The van der Waals surface area contributed by atoms with Crippen LogP contribution in [0.4, 0.5) is 5.82 Å². The fourth-order valence-corrected chi connectivity index (χ4v) is 2.40. The zero-order valence-electron chi connectivity index (χ0n) is 11.5. The highest BCUT2D eigenvalue weighted by Gasteiger charge is 2.21. The van der Waals surface area contributed by atoms with Crippen LogP contribution < -0.4 is 4.90 Å². The molecule has 0 aromatic carbocycles. The Balaban J connectivity index is 2.17. The molecule has 0 atom stereocenters. The van der Waals surface area contributed by atoms with E-state index in [9.17, 15) is 0 Å². The largest absolute Gasteiger partial charge is 0.356 e. The van der Waals surface area contributed by atoms with E-state index < -0.39 is 0 Å². The van der Waals surface area contributed by atoms with Crippen molar-refractivity contribution in [2.45, 2.75) is 46.0 Å². The molecule has 0 N–H and O–H groups in total. The zero-order valence-corrected chi connectivity index (χ0v) is 12.2. The fraction of sp³-hybridized carbons (Fsp3) is 0.714. The predicted molar refractivity (Wildman–Crippen MR) is 76.4 cm³/mol. The molecule has 1 aliphatic carbocycles. The quantitative estimate of drug-likeness (QED) is 0.758. The summed E-state index contributed by atoms with van der Waals surface area (Å²) in [4.78, 5) is 11.3. The topological polar surface area (TPSA) is 29.0 Å². The van der Waals surface area contributed by atoms with Crippen molar-refractivity contribution < 1.29 is 0 Å². The Morgan fingerprint density at radius 1 is 1.39 bits per heavy atom. The van der Waals surface area contributed by atoms with E-state index >= 15 is 0 Å². The van der Waals surface area contributed by atoms with Crippen molar-refractivity contribution in [3.05, 3.63) is 17.0 Å². The molecule has 1 aliphatic rings. The molecule has 1 aromatic rings. The number of halogens is 1. The summed E-state index contributed by atoms with van der Waals surface area (Å²) in [6.07, 6.45) is 4.09. The Bertz CT molecular complexity index is 402. The lowest BCUT2D eigenvalue weighted by Gasteiger charge is -2.32. The SMILES string of the molecule is CCN(CC1CCC1)c1cc(Cl)nc(C(C)C)n1. The van der Waals surface area contributed by atoms with Gasteiger partial charge in [0, 0.05) is 25.1 Å². The van der Waals surface area contributed by atoms with Gasteiger partial charge >= 0.3 is 0 Å². The first kappa shape index (κ1) is 13.6. The van der Waals surface area contributed by atoms with Crippen LogP contribution in [0.2, 0.25) is 5.15 Å². The van der Waals surface area contributed by atoms with Gasteiger partial charge in [-0.2, -0.15) is 0 Å². The zero-order chi connectivity index (χ0) is 13.1. The number of hydrogen-bond donors (Lipinski definition) is 0. The van der Waals surface area contributed by atoms with E-state index in [1.165, 1.54) is 19.3 Å². The van der Waals surface area contributed by atoms with E-state index in [1.54, 1.807) is 0 Å². The van der Waals surface area contributed by atoms with Gasteiger partial charge in [0.15, 0.2) is 0 Å². The maximum Gasteiger partial charge on any atom is 0.135 e. The minimum Gasteiger partial charge on any atom is -0.356 e. The standard InChI is InChI=1S/C14H22ClN3/c1-4-18(9-11-6-5-7-11)13-8-12(15)16-14(17-13)10(2)3/h8,10-11H,4-7,9H2,1-3H3. The van der Waals surface area contributed by atoms with E-state index in [0.717, 1.165) is 30.6 Å². The third-order valence-corrected chi connectivity index (χ3v) is 3.82. The second-order valence-electron chi connectivity index (χ2n) is 5.40. The van der Waals surface area contributed by atoms with E-state index in [2.05, 4.69) is 35.6 Å². The number of anilines is 1. The van der Waals surface area contributed by atoms with Gasteiger partial charge in [-0.05, 0) is 25.7 Å². The average Bonchev–Trinajstić information content (AvgIpc) is 2.27. The maximum absolute atomic E-state index is 6.10. The molecule has 1 aromatic heterocycles. The molecule has 1 fully saturated rings. The van der Waals surface area contributed by atoms with E-state index in [4.69, 9.17) is 11.6 Å². The number of aromatic nitrogens is 2. The smallest absolute Gasteiger partial charge is 0.135 e. The molecule has 0 spiro atoms. The lowest BCUT2D eigenvalue weighted by Crippen LogP contribution is -2.33. The van der Waals surface area contributed by atoms with Crippen LogP contribution in [0.25, 0.3) is 0 Å². The highest BCUT2D eigenvalue weighted by Crippen LogP contribution is 2.29. The molecule has 18 heavy (non-hydrogen) atoms. The van der Waals surface area contributed by atoms with Gasteiger partial charge in [0.05, 0.1) is 0 Å². The van der Waals surface area contributed by atoms with Gasteiger partial charge in [-0.25, -0.2) is 9.97 Å². The van der Waals surface area contributed by atoms with Gasteiger partial charge in [-0.15, -0.1) is 0 Å². The summed E-state index contributed by atoms with van der Waals surface area (Å²) in [6, 6.07) is 1.88. The van der Waals surface area contributed by atoms with Crippen molar-refractivity contribution in [1.82, 2.24) is 9.97 Å². The van der Waals surface area contributed by atoms with Gasteiger partial charge in [0.25, 0.3) is 0 Å². The summed E-state index contributed by atoms with van der Waals surface area (Å²) in [5.41, 5.74) is 0.